The SMILES string of the molecule is CC(C)CC(O)CNC(=O)CC(C)NC(=O)c1ccccc1. The summed E-state index contributed by atoms with van der Waals surface area (Å²) in [4.78, 5) is 23.7. The fourth-order valence-corrected chi connectivity index (χ4v) is 2.16. The highest BCUT2D eigenvalue weighted by atomic mass is 16.3. The van der Waals surface area contributed by atoms with Gasteiger partial charge in [-0.25, -0.2) is 0 Å². The summed E-state index contributed by atoms with van der Waals surface area (Å²) in [5.41, 5.74) is 0.571. The van der Waals surface area contributed by atoms with Crippen molar-refractivity contribution in [1.82, 2.24) is 10.6 Å². The van der Waals surface area contributed by atoms with E-state index in [-0.39, 0.29) is 30.8 Å². The number of benzene rings is 1. The molecular weight excluding hydrogens is 280 g/mol. The third-order valence-electron chi connectivity index (χ3n) is 3.18. The van der Waals surface area contributed by atoms with Crippen LogP contribution in [0, 0.1) is 5.92 Å². The van der Waals surface area contributed by atoms with E-state index in [2.05, 4.69) is 10.6 Å². The highest BCUT2D eigenvalue weighted by Gasteiger charge is 2.14. The van der Waals surface area contributed by atoms with Gasteiger partial charge in [-0.15, -0.1) is 0 Å². The minimum Gasteiger partial charge on any atom is -0.391 e. The smallest absolute Gasteiger partial charge is 0.251 e. The van der Waals surface area contributed by atoms with Crippen molar-refractivity contribution in [2.45, 2.75) is 45.8 Å². The van der Waals surface area contributed by atoms with Crippen molar-refractivity contribution in [3.8, 4) is 0 Å². The van der Waals surface area contributed by atoms with Gasteiger partial charge >= 0.3 is 0 Å². The Kier molecular flexibility index (Phi) is 7.60. The highest BCUT2D eigenvalue weighted by molar-refractivity contribution is 5.94. The molecule has 0 aromatic heterocycles. The predicted molar refractivity (Wildman–Crippen MR) is 86.5 cm³/mol. The van der Waals surface area contributed by atoms with Crippen molar-refractivity contribution >= 4 is 11.8 Å². The van der Waals surface area contributed by atoms with Crippen molar-refractivity contribution in [3.05, 3.63) is 35.9 Å². The van der Waals surface area contributed by atoms with Crippen LogP contribution in [0.4, 0.5) is 0 Å². The van der Waals surface area contributed by atoms with Crippen LogP contribution in [-0.2, 0) is 4.79 Å². The molecule has 22 heavy (non-hydrogen) atoms. The molecule has 0 fully saturated rings. The molecule has 2 unspecified atom stereocenters. The van der Waals surface area contributed by atoms with E-state index in [1.807, 2.05) is 19.9 Å². The summed E-state index contributed by atoms with van der Waals surface area (Å²) in [6, 6.07) is 8.62. The molecule has 5 nitrogen and oxygen atoms in total. The number of hydrogen-bond acceptors (Lipinski definition) is 3. The quantitative estimate of drug-likeness (QED) is 0.684. The second-order valence-corrected chi connectivity index (χ2v) is 6.03. The van der Waals surface area contributed by atoms with Crippen molar-refractivity contribution in [2.24, 2.45) is 5.92 Å². The van der Waals surface area contributed by atoms with E-state index in [4.69, 9.17) is 0 Å². The van der Waals surface area contributed by atoms with E-state index in [0.717, 1.165) is 0 Å². The number of rotatable bonds is 8. The lowest BCUT2D eigenvalue weighted by Gasteiger charge is -2.16. The van der Waals surface area contributed by atoms with E-state index in [1.165, 1.54) is 0 Å². The number of carbonyl (C=O) groups is 2. The van der Waals surface area contributed by atoms with Gasteiger partial charge in [0.1, 0.15) is 0 Å². The van der Waals surface area contributed by atoms with Crippen LogP contribution in [0.2, 0.25) is 0 Å². The van der Waals surface area contributed by atoms with Gasteiger partial charge in [-0.1, -0.05) is 32.0 Å². The minimum absolute atomic E-state index is 0.177. The third kappa shape index (κ3) is 7.22. The summed E-state index contributed by atoms with van der Waals surface area (Å²) in [5.74, 6) is 0.0143. The van der Waals surface area contributed by atoms with Crippen molar-refractivity contribution in [1.29, 1.82) is 0 Å². The van der Waals surface area contributed by atoms with Gasteiger partial charge in [-0.05, 0) is 31.4 Å². The van der Waals surface area contributed by atoms with Crippen LogP contribution in [0.25, 0.3) is 0 Å². The van der Waals surface area contributed by atoms with Crippen molar-refractivity contribution in [3.63, 3.8) is 0 Å². The first-order valence-corrected chi connectivity index (χ1v) is 7.69. The predicted octanol–water partition coefficient (Wildman–Crippen LogP) is 1.72. The molecule has 2 atom stereocenters. The summed E-state index contributed by atoms with van der Waals surface area (Å²) in [6.07, 6.45) is 0.311. The van der Waals surface area contributed by atoms with Gasteiger partial charge < -0.3 is 15.7 Å². The minimum atomic E-state index is -0.529. The molecule has 5 heteroatoms. The summed E-state index contributed by atoms with van der Waals surface area (Å²) in [5, 5.41) is 15.2. The van der Waals surface area contributed by atoms with E-state index >= 15 is 0 Å². The zero-order chi connectivity index (χ0) is 16.5. The van der Waals surface area contributed by atoms with E-state index in [0.29, 0.717) is 17.9 Å². The maximum atomic E-state index is 11.9. The topological polar surface area (TPSA) is 78.4 Å². The highest BCUT2D eigenvalue weighted by Crippen LogP contribution is 2.04. The lowest BCUT2D eigenvalue weighted by molar-refractivity contribution is -0.121. The Morgan fingerprint density at radius 2 is 1.77 bits per heavy atom. The maximum absolute atomic E-state index is 11.9. The molecule has 1 aromatic carbocycles. The Morgan fingerprint density at radius 1 is 1.14 bits per heavy atom. The molecule has 2 amide bonds. The summed E-state index contributed by atoms with van der Waals surface area (Å²) >= 11 is 0. The van der Waals surface area contributed by atoms with Crippen LogP contribution in [0.15, 0.2) is 30.3 Å². The average Bonchev–Trinajstić information content (AvgIpc) is 2.45. The second kappa shape index (κ2) is 9.20. The Bertz CT molecular complexity index is 474. The Labute approximate surface area is 132 Å². The van der Waals surface area contributed by atoms with E-state index in [1.54, 1.807) is 31.2 Å². The molecule has 0 bridgehead atoms. The van der Waals surface area contributed by atoms with Gasteiger partial charge in [0.05, 0.1) is 6.10 Å². The van der Waals surface area contributed by atoms with Crippen molar-refractivity contribution in [2.75, 3.05) is 6.54 Å². The van der Waals surface area contributed by atoms with Crippen LogP contribution >= 0.6 is 0 Å². The zero-order valence-corrected chi connectivity index (χ0v) is 13.5. The molecule has 0 aliphatic carbocycles. The number of nitrogens with one attached hydrogen (secondary N) is 2. The normalized spacial score (nSPS) is 13.5. The van der Waals surface area contributed by atoms with Gasteiger partial charge in [0.2, 0.25) is 5.91 Å². The molecule has 0 heterocycles. The van der Waals surface area contributed by atoms with Gasteiger partial charge in [-0.3, -0.25) is 9.59 Å². The first-order chi connectivity index (χ1) is 10.4. The average molecular weight is 306 g/mol. The number of amides is 2. The molecular formula is C17H26N2O3. The monoisotopic (exact) mass is 306 g/mol. The number of hydrogen-bond donors (Lipinski definition) is 3. The van der Waals surface area contributed by atoms with Crippen LogP contribution < -0.4 is 10.6 Å². The third-order valence-corrected chi connectivity index (χ3v) is 3.18. The number of carbonyl (C=O) groups excluding carboxylic acids is 2. The molecule has 1 aromatic rings. The molecule has 0 aliphatic rings. The standard InChI is InChI=1S/C17H26N2O3/c1-12(2)9-15(20)11-18-16(21)10-13(3)19-17(22)14-7-5-4-6-8-14/h4-8,12-13,15,20H,9-11H2,1-3H3,(H,18,21)(H,19,22). The van der Waals surface area contributed by atoms with Gasteiger partial charge in [-0.2, -0.15) is 0 Å². The molecule has 0 aliphatic heterocycles. The van der Waals surface area contributed by atoms with Gasteiger partial charge in [0.15, 0.2) is 0 Å². The lowest BCUT2D eigenvalue weighted by atomic mass is 10.1. The Balaban J connectivity index is 2.31. The molecule has 0 saturated carbocycles. The summed E-state index contributed by atoms with van der Waals surface area (Å²) in [7, 11) is 0. The maximum Gasteiger partial charge on any atom is 0.251 e. The Hall–Kier alpha value is -1.88. The first kappa shape index (κ1) is 18.2. The fourth-order valence-electron chi connectivity index (χ4n) is 2.16. The molecule has 1 rings (SSSR count). The van der Waals surface area contributed by atoms with Crippen LogP contribution in [-0.4, -0.2) is 35.6 Å². The van der Waals surface area contributed by atoms with Crippen molar-refractivity contribution < 1.29 is 14.7 Å². The number of aliphatic hydroxyl groups excluding tert-OH is 1. The molecule has 0 radical (unpaired) electrons. The van der Waals surface area contributed by atoms with E-state index in [9.17, 15) is 14.7 Å². The molecule has 0 spiro atoms. The molecule has 122 valence electrons. The van der Waals surface area contributed by atoms with Gasteiger partial charge in [0, 0.05) is 24.6 Å². The molecule has 0 saturated heterocycles. The first-order valence-electron chi connectivity index (χ1n) is 7.69. The van der Waals surface area contributed by atoms with Crippen LogP contribution in [0.3, 0.4) is 0 Å². The largest absolute Gasteiger partial charge is 0.391 e. The fraction of sp³-hybridized carbons (Fsp3) is 0.529. The Morgan fingerprint density at radius 3 is 2.36 bits per heavy atom. The van der Waals surface area contributed by atoms with Crippen LogP contribution in [0.5, 0.6) is 0 Å². The zero-order valence-electron chi connectivity index (χ0n) is 13.5. The summed E-state index contributed by atoms with van der Waals surface area (Å²) in [6.45, 7) is 6.07. The van der Waals surface area contributed by atoms with Crippen LogP contribution in [0.1, 0.15) is 44.0 Å². The van der Waals surface area contributed by atoms with Gasteiger partial charge in [0.25, 0.3) is 5.91 Å². The summed E-state index contributed by atoms with van der Waals surface area (Å²) < 4.78 is 0. The van der Waals surface area contributed by atoms with E-state index < -0.39 is 6.10 Å². The molecule has 3 N–H and O–H groups in total. The number of aliphatic hydroxyl groups is 1. The lowest BCUT2D eigenvalue weighted by Crippen LogP contribution is -2.39. The second-order valence-electron chi connectivity index (χ2n) is 6.03.